The number of nitrogens with one attached hydrogen (secondary N) is 3. The van der Waals surface area contributed by atoms with E-state index < -0.39 is 39.9 Å². The lowest BCUT2D eigenvalue weighted by molar-refractivity contribution is 0.503. The topological polar surface area (TPSA) is 210 Å². The maximum Gasteiger partial charge on any atom is 0.313 e. The average Bonchev–Trinajstić information content (AvgIpc) is 3.16. The highest BCUT2D eigenvalue weighted by Gasteiger charge is 2.64. The minimum atomic E-state index is -4.95. The molecular formula is C41H78N6O6S3. The van der Waals surface area contributed by atoms with Gasteiger partial charge in [-0.05, 0) is 44.9 Å². The maximum atomic E-state index is 14.3. The third kappa shape index (κ3) is 24.2. The molecule has 12 nitrogen and oxygen atoms in total. The van der Waals surface area contributed by atoms with Crippen molar-refractivity contribution in [2.45, 2.75) is 222 Å². The van der Waals surface area contributed by atoms with Gasteiger partial charge in [0.15, 0.2) is 0 Å². The largest absolute Gasteiger partial charge is 0.313 e. The zero-order valence-electron chi connectivity index (χ0n) is 35.0. The number of rotatable bonds is 42. The van der Waals surface area contributed by atoms with Gasteiger partial charge in [0.25, 0.3) is 0 Å². The predicted molar refractivity (Wildman–Crippen MR) is 228 cm³/mol. The average molecular weight is 847 g/mol. The predicted octanol–water partition coefficient (Wildman–Crippen LogP) is 9.86. The molecular weight excluding hydrogens is 769 g/mol. The van der Waals surface area contributed by atoms with Crippen molar-refractivity contribution < 1.29 is 25.3 Å². The summed E-state index contributed by atoms with van der Waals surface area (Å²) in [6.45, 7) is 1.87. The van der Waals surface area contributed by atoms with Gasteiger partial charge in [-0.1, -0.05) is 148 Å². The van der Waals surface area contributed by atoms with Gasteiger partial charge in [0.2, 0.25) is 30.1 Å². The molecule has 0 aromatic carbocycles. The van der Waals surface area contributed by atoms with E-state index in [0.717, 1.165) is 154 Å². The Kier molecular flexibility index (Phi) is 34.0. The third-order valence-electron chi connectivity index (χ3n) is 10.3. The Balaban J connectivity index is 5.80. The molecule has 56 heavy (non-hydrogen) atoms. The van der Waals surface area contributed by atoms with Crippen molar-refractivity contribution in [1.29, 1.82) is 15.8 Å². The summed E-state index contributed by atoms with van der Waals surface area (Å²) in [4.78, 5) is 0. The van der Waals surface area contributed by atoms with E-state index in [1.54, 1.807) is 0 Å². The van der Waals surface area contributed by atoms with E-state index in [0.29, 0.717) is 44.9 Å². The van der Waals surface area contributed by atoms with Gasteiger partial charge < -0.3 is 0 Å². The number of nitriles is 3. The van der Waals surface area contributed by atoms with Crippen molar-refractivity contribution in [1.82, 2.24) is 14.2 Å². The molecule has 0 heterocycles. The number of unbranched alkanes of at least 4 members (excludes halogenated alkanes) is 28. The van der Waals surface area contributed by atoms with E-state index in [1.165, 1.54) is 0 Å². The SMILES string of the molecule is CCCCCCCC(S(=O)(=O)NCCCCCCCCCCC#N)(S(=O)(=O)NCCCCCCCCCCC#N)S(=O)(=O)NCCCCCCCCCCC#N. The molecule has 3 N–H and O–H groups in total. The quantitative estimate of drug-likeness (QED) is 0.0499. The first-order valence-corrected chi connectivity index (χ1v) is 26.5. The minimum absolute atomic E-state index is 0.0554. The van der Waals surface area contributed by atoms with Gasteiger partial charge in [-0.15, -0.1) is 0 Å². The lowest BCUT2D eigenvalue weighted by Crippen LogP contribution is -2.63. The Hall–Kier alpha value is -1.80. The Labute approximate surface area is 343 Å². The molecule has 326 valence electrons. The molecule has 0 aliphatic rings. The first-order valence-electron chi connectivity index (χ1n) is 22.1. The number of hydrogen-bond acceptors (Lipinski definition) is 9. The van der Waals surface area contributed by atoms with E-state index in [9.17, 15) is 25.3 Å². The summed E-state index contributed by atoms with van der Waals surface area (Å²) in [5.41, 5.74) is 0. The van der Waals surface area contributed by atoms with Crippen molar-refractivity contribution >= 4 is 30.1 Å². The van der Waals surface area contributed by atoms with Crippen LogP contribution in [0.25, 0.3) is 0 Å². The van der Waals surface area contributed by atoms with Crippen LogP contribution in [0.4, 0.5) is 0 Å². The van der Waals surface area contributed by atoms with Crippen LogP contribution in [0.15, 0.2) is 0 Å². The third-order valence-corrected chi connectivity index (χ3v) is 19.1. The fraction of sp³-hybridized carbons (Fsp3) is 0.927. The van der Waals surface area contributed by atoms with E-state index in [2.05, 4.69) is 32.4 Å². The summed E-state index contributed by atoms with van der Waals surface area (Å²) in [5, 5.41) is 26.1. The zero-order valence-corrected chi connectivity index (χ0v) is 37.4. The van der Waals surface area contributed by atoms with Crippen LogP contribution in [0.3, 0.4) is 0 Å². The van der Waals surface area contributed by atoms with Crippen LogP contribution >= 0.6 is 0 Å². The van der Waals surface area contributed by atoms with Crippen molar-refractivity contribution in [2.24, 2.45) is 0 Å². The summed E-state index contributed by atoms with van der Waals surface area (Å²) in [5.74, 6) is 0. The first kappa shape index (κ1) is 54.2. The van der Waals surface area contributed by atoms with Gasteiger partial charge in [-0.25, -0.2) is 39.4 Å². The van der Waals surface area contributed by atoms with Gasteiger partial charge in [0, 0.05) is 45.3 Å². The number of hydrogen-bond donors (Lipinski definition) is 3. The van der Waals surface area contributed by atoms with E-state index >= 15 is 0 Å². The second kappa shape index (κ2) is 35.2. The molecule has 0 radical (unpaired) electrons. The second-order valence-corrected chi connectivity index (χ2v) is 22.0. The first-order chi connectivity index (χ1) is 27.0. The standard InChI is InChI=1S/C41H78N6O6S3/c1-2-3-4-20-27-34-41(54(48,49)45-38-31-24-17-11-5-8-14-21-28-35-42,55(50,51)46-39-32-25-18-12-6-9-15-22-29-36-43)56(52,53)47-40-33-26-19-13-7-10-16-23-30-37-44/h45-47H,2-34,38-40H2,1H3. The van der Waals surface area contributed by atoms with E-state index in [4.69, 9.17) is 15.8 Å². The van der Waals surface area contributed by atoms with Gasteiger partial charge in [0.05, 0.1) is 18.2 Å². The second-order valence-electron chi connectivity index (χ2n) is 15.3. The highest BCUT2D eigenvalue weighted by atomic mass is 32.3. The molecule has 0 aliphatic carbocycles. The fourth-order valence-electron chi connectivity index (χ4n) is 6.90. The van der Waals surface area contributed by atoms with Crippen LogP contribution in [0.2, 0.25) is 0 Å². The van der Waals surface area contributed by atoms with Gasteiger partial charge in [-0.2, -0.15) is 15.8 Å². The molecule has 0 aliphatic heterocycles. The molecule has 0 unspecified atom stereocenters. The Bertz CT molecular complexity index is 1260. The van der Waals surface area contributed by atoms with Gasteiger partial charge in [0.1, 0.15) is 0 Å². The van der Waals surface area contributed by atoms with Crippen LogP contribution in [-0.2, 0) is 30.1 Å². The Morgan fingerprint density at radius 3 is 0.857 bits per heavy atom. The van der Waals surface area contributed by atoms with Crippen molar-refractivity contribution in [3.05, 3.63) is 0 Å². The van der Waals surface area contributed by atoms with Crippen LogP contribution in [0.5, 0.6) is 0 Å². The highest BCUT2D eigenvalue weighted by molar-refractivity contribution is 8.24. The lowest BCUT2D eigenvalue weighted by atomic mass is 10.1. The molecule has 0 rings (SSSR count). The number of nitrogens with zero attached hydrogens (tertiary/aromatic N) is 3. The normalized spacial score (nSPS) is 12.3. The minimum Gasteiger partial charge on any atom is -0.213 e. The Morgan fingerprint density at radius 1 is 0.357 bits per heavy atom. The summed E-state index contributed by atoms with van der Waals surface area (Å²) >= 11 is 0. The maximum absolute atomic E-state index is 14.3. The summed E-state index contributed by atoms with van der Waals surface area (Å²) < 4.78 is 90.1. The molecule has 0 bridgehead atoms. The summed E-state index contributed by atoms with van der Waals surface area (Å²) in [7, 11) is -14.8. The number of sulfonamides is 3. The van der Waals surface area contributed by atoms with E-state index in [-0.39, 0.29) is 26.1 Å². The molecule has 0 fully saturated rings. The molecule has 0 saturated heterocycles. The van der Waals surface area contributed by atoms with Crippen LogP contribution in [0.1, 0.15) is 219 Å². The van der Waals surface area contributed by atoms with Crippen LogP contribution in [-0.4, -0.2) is 48.3 Å². The highest BCUT2D eigenvalue weighted by Crippen LogP contribution is 2.36. The smallest absolute Gasteiger partial charge is 0.213 e. The van der Waals surface area contributed by atoms with E-state index in [1.807, 2.05) is 6.92 Å². The summed E-state index contributed by atoms with van der Waals surface area (Å²) in [6, 6.07) is 6.46. The summed E-state index contributed by atoms with van der Waals surface area (Å²) in [6.07, 6.45) is 25.3. The molecule has 0 aromatic rings. The zero-order chi connectivity index (χ0) is 41.7. The molecule has 0 saturated carbocycles. The molecule has 0 atom stereocenters. The monoisotopic (exact) mass is 847 g/mol. The lowest BCUT2D eigenvalue weighted by Gasteiger charge is -2.33. The van der Waals surface area contributed by atoms with Crippen LogP contribution in [0, 0.1) is 34.0 Å². The molecule has 0 amide bonds. The van der Waals surface area contributed by atoms with Crippen LogP contribution < -0.4 is 14.2 Å². The molecule has 0 spiro atoms. The fourth-order valence-corrected chi connectivity index (χ4v) is 14.6. The van der Waals surface area contributed by atoms with Crippen molar-refractivity contribution in [2.75, 3.05) is 19.6 Å². The molecule has 0 aromatic heterocycles. The van der Waals surface area contributed by atoms with Gasteiger partial charge >= 0.3 is 3.41 Å². The van der Waals surface area contributed by atoms with Gasteiger partial charge in [-0.3, -0.25) is 0 Å². The van der Waals surface area contributed by atoms with Crippen molar-refractivity contribution in [3.63, 3.8) is 0 Å². The van der Waals surface area contributed by atoms with Crippen molar-refractivity contribution in [3.8, 4) is 18.2 Å². The Morgan fingerprint density at radius 2 is 0.589 bits per heavy atom. The molecule has 15 heteroatoms.